The molecular weight excluding hydrogens is 218 g/mol. The Morgan fingerprint density at radius 3 is 2.94 bits per heavy atom. The summed E-state index contributed by atoms with van der Waals surface area (Å²) in [5.41, 5.74) is 5.47. The summed E-state index contributed by atoms with van der Waals surface area (Å²) in [6.45, 7) is 4.40. The lowest BCUT2D eigenvalue weighted by molar-refractivity contribution is 0.00346. The molecule has 2 rings (SSSR count). The molecule has 0 aromatic rings. The summed E-state index contributed by atoms with van der Waals surface area (Å²) >= 11 is 0. The van der Waals surface area contributed by atoms with Crippen molar-refractivity contribution in [1.29, 1.82) is 5.41 Å². The Hall–Kier alpha value is -0.650. The van der Waals surface area contributed by atoms with Crippen LogP contribution in [0.3, 0.4) is 0 Å². The van der Waals surface area contributed by atoms with Gasteiger partial charge in [0.25, 0.3) is 0 Å². The van der Waals surface area contributed by atoms with Gasteiger partial charge < -0.3 is 15.2 Å². The molecule has 0 aromatic carbocycles. The monoisotopic (exact) mass is 241 g/mol. The second-order valence-electron chi connectivity index (χ2n) is 4.89. The first-order valence-corrected chi connectivity index (χ1v) is 6.55. The molecule has 0 amide bonds. The van der Waals surface area contributed by atoms with Crippen molar-refractivity contribution >= 4 is 5.84 Å². The third-order valence-corrected chi connectivity index (χ3v) is 3.52. The molecule has 5 heteroatoms. The van der Waals surface area contributed by atoms with Crippen LogP contribution in [0.4, 0.5) is 0 Å². The number of ether oxygens (including phenoxy) is 2. The van der Waals surface area contributed by atoms with E-state index in [9.17, 15) is 0 Å². The van der Waals surface area contributed by atoms with Gasteiger partial charge in [0, 0.05) is 19.7 Å². The van der Waals surface area contributed by atoms with Gasteiger partial charge in [-0.05, 0) is 32.2 Å². The SMILES string of the molecule is N=C(N)C1CN(CCCC2CCCO2)CCO1. The molecule has 2 aliphatic rings. The molecule has 98 valence electrons. The van der Waals surface area contributed by atoms with E-state index in [1.165, 1.54) is 12.8 Å². The predicted molar refractivity (Wildman–Crippen MR) is 66.3 cm³/mol. The summed E-state index contributed by atoms with van der Waals surface area (Å²) in [7, 11) is 0. The average molecular weight is 241 g/mol. The van der Waals surface area contributed by atoms with Gasteiger partial charge in [0.15, 0.2) is 0 Å². The number of hydrogen-bond donors (Lipinski definition) is 2. The van der Waals surface area contributed by atoms with E-state index in [0.29, 0.717) is 12.7 Å². The van der Waals surface area contributed by atoms with Gasteiger partial charge >= 0.3 is 0 Å². The third kappa shape index (κ3) is 3.94. The summed E-state index contributed by atoms with van der Waals surface area (Å²) in [5, 5.41) is 7.40. The topological polar surface area (TPSA) is 71.6 Å². The normalized spacial score (nSPS) is 30.6. The van der Waals surface area contributed by atoms with Crippen molar-refractivity contribution in [3.63, 3.8) is 0 Å². The Kier molecular flexibility index (Phi) is 4.76. The smallest absolute Gasteiger partial charge is 0.127 e. The highest BCUT2D eigenvalue weighted by molar-refractivity contribution is 5.82. The summed E-state index contributed by atoms with van der Waals surface area (Å²) in [4.78, 5) is 2.34. The Bertz CT molecular complexity index is 254. The van der Waals surface area contributed by atoms with Gasteiger partial charge in [-0.25, -0.2) is 0 Å². The van der Waals surface area contributed by atoms with Crippen LogP contribution in [-0.4, -0.2) is 55.8 Å². The lowest BCUT2D eigenvalue weighted by Gasteiger charge is -2.32. The van der Waals surface area contributed by atoms with E-state index in [4.69, 9.17) is 20.6 Å². The number of rotatable bonds is 5. The minimum Gasteiger partial charge on any atom is -0.385 e. The number of hydrogen-bond acceptors (Lipinski definition) is 4. The summed E-state index contributed by atoms with van der Waals surface area (Å²) in [5.74, 6) is 0.147. The minimum atomic E-state index is -0.202. The third-order valence-electron chi connectivity index (χ3n) is 3.52. The fourth-order valence-electron chi connectivity index (χ4n) is 2.51. The van der Waals surface area contributed by atoms with E-state index < -0.39 is 0 Å². The van der Waals surface area contributed by atoms with E-state index in [1.807, 2.05) is 0 Å². The maximum Gasteiger partial charge on any atom is 0.127 e. The van der Waals surface area contributed by atoms with Crippen molar-refractivity contribution in [2.45, 2.75) is 37.9 Å². The van der Waals surface area contributed by atoms with Crippen molar-refractivity contribution in [1.82, 2.24) is 4.90 Å². The van der Waals surface area contributed by atoms with Crippen molar-refractivity contribution in [2.75, 3.05) is 32.8 Å². The van der Waals surface area contributed by atoms with Crippen LogP contribution in [-0.2, 0) is 9.47 Å². The highest BCUT2D eigenvalue weighted by Gasteiger charge is 2.22. The lowest BCUT2D eigenvalue weighted by Crippen LogP contribution is -2.48. The zero-order chi connectivity index (χ0) is 12.1. The summed E-state index contributed by atoms with van der Waals surface area (Å²) in [6, 6.07) is 0. The van der Waals surface area contributed by atoms with Crippen molar-refractivity contribution in [3.05, 3.63) is 0 Å². The first-order chi connectivity index (χ1) is 8.25. The molecule has 0 radical (unpaired) electrons. The molecule has 2 heterocycles. The quantitative estimate of drug-likeness (QED) is 0.545. The van der Waals surface area contributed by atoms with E-state index in [2.05, 4.69) is 4.90 Å². The van der Waals surface area contributed by atoms with Crippen LogP contribution in [0.25, 0.3) is 0 Å². The Morgan fingerprint density at radius 2 is 2.24 bits per heavy atom. The molecule has 5 nitrogen and oxygen atoms in total. The number of amidine groups is 1. The van der Waals surface area contributed by atoms with Gasteiger partial charge in [-0.3, -0.25) is 10.3 Å². The molecule has 2 fully saturated rings. The second-order valence-corrected chi connectivity index (χ2v) is 4.89. The van der Waals surface area contributed by atoms with Crippen LogP contribution in [0.15, 0.2) is 0 Å². The highest BCUT2D eigenvalue weighted by Crippen LogP contribution is 2.17. The lowest BCUT2D eigenvalue weighted by atomic mass is 10.1. The zero-order valence-corrected chi connectivity index (χ0v) is 10.4. The number of morpholine rings is 1. The van der Waals surface area contributed by atoms with E-state index in [1.54, 1.807) is 0 Å². The molecule has 2 unspecified atom stereocenters. The van der Waals surface area contributed by atoms with E-state index >= 15 is 0 Å². The van der Waals surface area contributed by atoms with E-state index in [-0.39, 0.29) is 11.9 Å². The standard InChI is InChI=1S/C12H23N3O2/c13-12(14)11-9-15(6-8-17-11)5-1-3-10-4-2-7-16-10/h10-11H,1-9H2,(H3,13,14). The minimum absolute atomic E-state index is 0.147. The Morgan fingerprint density at radius 1 is 1.35 bits per heavy atom. The Balaban J connectivity index is 1.62. The van der Waals surface area contributed by atoms with Gasteiger partial charge in [0.05, 0.1) is 12.7 Å². The number of nitrogens with two attached hydrogens (primary N) is 1. The molecule has 2 saturated heterocycles. The molecule has 0 aromatic heterocycles. The molecule has 2 aliphatic heterocycles. The van der Waals surface area contributed by atoms with Crippen LogP contribution in [0.1, 0.15) is 25.7 Å². The summed E-state index contributed by atoms with van der Waals surface area (Å²) in [6.07, 6.45) is 5.04. The van der Waals surface area contributed by atoms with Crippen LogP contribution in [0.2, 0.25) is 0 Å². The van der Waals surface area contributed by atoms with Gasteiger partial charge in [-0.15, -0.1) is 0 Å². The van der Waals surface area contributed by atoms with Crippen molar-refractivity contribution in [3.8, 4) is 0 Å². The first-order valence-electron chi connectivity index (χ1n) is 6.55. The second kappa shape index (κ2) is 6.33. The maximum absolute atomic E-state index is 7.40. The average Bonchev–Trinajstić information content (AvgIpc) is 2.82. The van der Waals surface area contributed by atoms with Gasteiger partial charge in [-0.1, -0.05) is 0 Å². The predicted octanol–water partition coefficient (Wildman–Crippen LogP) is 0.582. The Labute approximate surface area is 103 Å². The fourth-order valence-corrected chi connectivity index (χ4v) is 2.51. The van der Waals surface area contributed by atoms with Crippen LogP contribution in [0, 0.1) is 5.41 Å². The fraction of sp³-hybridized carbons (Fsp3) is 0.917. The van der Waals surface area contributed by atoms with Crippen LogP contribution >= 0.6 is 0 Å². The molecule has 0 bridgehead atoms. The molecular formula is C12H23N3O2. The first kappa shape index (κ1) is 12.8. The van der Waals surface area contributed by atoms with Gasteiger partial charge in [-0.2, -0.15) is 0 Å². The van der Waals surface area contributed by atoms with Crippen molar-refractivity contribution in [2.24, 2.45) is 5.73 Å². The van der Waals surface area contributed by atoms with Gasteiger partial charge in [0.2, 0.25) is 0 Å². The molecule has 2 atom stereocenters. The van der Waals surface area contributed by atoms with Crippen LogP contribution < -0.4 is 5.73 Å². The molecule has 0 spiro atoms. The highest BCUT2D eigenvalue weighted by atomic mass is 16.5. The maximum atomic E-state index is 7.40. The number of nitrogens with zero attached hydrogens (tertiary/aromatic N) is 1. The number of nitrogens with one attached hydrogen (secondary N) is 1. The van der Waals surface area contributed by atoms with Crippen molar-refractivity contribution < 1.29 is 9.47 Å². The molecule has 0 saturated carbocycles. The molecule has 0 aliphatic carbocycles. The zero-order valence-electron chi connectivity index (χ0n) is 10.4. The van der Waals surface area contributed by atoms with E-state index in [0.717, 1.165) is 39.1 Å². The summed E-state index contributed by atoms with van der Waals surface area (Å²) < 4.78 is 11.0. The van der Waals surface area contributed by atoms with Gasteiger partial charge in [0.1, 0.15) is 11.9 Å². The molecule has 17 heavy (non-hydrogen) atoms. The molecule has 3 N–H and O–H groups in total. The van der Waals surface area contributed by atoms with Crippen LogP contribution in [0.5, 0.6) is 0 Å². The largest absolute Gasteiger partial charge is 0.385 e.